The van der Waals surface area contributed by atoms with E-state index in [2.05, 4.69) is 0 Å². The topological polar surface area (TPSA) is 36.9 Å². The molecule has 2 unspecified atom stereocenters. The molecular weight excluding hydrogens is 232 g/mol. The van der Waals surface area contributed by atoms with Gasteiger partial charge in [0.25, 0.3) is 0 Å². The summed E-state index contributed by atoms with van der Waals surface area (Å²) in [4.78, 5) is 0. The van der Waals surface area contributed by atoms with Gasteiger partial charge in [0.05, 0.1) is 20.3 Å². The van der Waals surface area contributed by atoms with E-state index in [-0.39, 0.29) is 12.4 Å². The van der Waals surface area contributed by atoms with Gasteiger partial charge < -0.3 is 18.9 Å². The lowest BCUT2D eigenvalue weighted by molar-refractivity contribution is -0.114. The van der Waals surface area contributed by atoms with E-state index in [1.54, 1.807) is 21.3 Å². The van der Waals surface area contributed by atoms with Crippen LogP contribution in [0, 0.1) is 0 Å². The Morgan fingerprint density at radius 2 is 1.89 bits per heavy atom. The Morgan fingerprint density at radius 1 is 1.11 bits per heavy atom. The molecule has 0 radical (unpaired) electrons. The molecule has 18 heavy (non-hydrogen) atoms. The fourth-order valence-electron chi connectivity index (χ4n) is 2.27. The third-order valence-electron chi connectivity index (χ3n) is 3.24. The van der Waals surface area contributed by atoms with Crippen LogP contribution in [0.4, 0.5) is 0 Å². The van der Waals surface area contributed by atoms with Crippen LogP contribution in [-0.4, -0.2) is 33.7 Å². The Hall–Kier alpha value is -1.26. The summed E-state index contributed by atoms with van der Waals surface area (Å²) in [6, 6.07) is 5.98. The lowest BCUT2D eigenvalue weighted by Crippen LogP contribution is -2.14. The number of ether oxygens (including phenoxy) is 4. The van der Waals surface area contributed by atoms with Gasteiger partial charge in [0.1, 0.15) is 0 Å². The largest absolute Gasteiger partial charge is 0.493 e. The van der Waals surface area contributed by atoms with Crippen LogP contribution in [0.3, 0.4) is 0 Å². The second-order valence-electron chi connectivity index (χ2n) is 4.39. The van der Waals surface area contributed by atoms with Crippen LogP contribution in [0.2, 0.25) is 0 Å². The number of methoxy groups -OCH3 is 3. The van der Waals surface area contributed by atoms with Crippen molar-refractivity contribution in [3.8, 4) is 11.5 Å². The van der Waals surface area contributed by atoms with Gasteiger partial charge in [-0.25, -0.2) is 0 Å². The lowest BCUT2D eigenvalue weighted by atomic mass is 10.1. The van der Waals surface area contributed by atoms with Crippen molar-refractivity contribution in [3.63, 3.8) is 0 Å². The Balaban J connectivity index is 2.01. The molecule has 0 aliphatic carbocycles. The summed E-state index contributed by atoms with van der Waals surface area (Å²) in [5, 5.41) is 0. The first-order valence-electron chi connectivity index (χ1n) is 6.16. The van der Waals surface area contributed by atoms with E-state index in [4.69, 9.17) is 18.9 Å². The van der Waals surface area contributed by atoms with Crippen molar-refractivity contribution in [2.24, 2.45) is 0 Å². The van der Waals surface area contributed by atoms with Crippen molar-refractivity contribution in [3.05, 3.63) is 23.8 Å². The molecule has 0 spiro atoms. The minimum atomic E-state index is -0.0462. The van der Waals surface area contributed by atoms with Gasteiger partial charge in [-0.3, -0.25) is 0 Å². The number of benzene rings is 1. The molecule has 0 saturated carbocycles. The summed E-state index contributed by atoms with van der Waals surface area (Å²) in [6.07, 6.45) is 3.06. The Morgan fingerprint density at radius 3 is 2.50 bits per heavy atom. The maximum atomic E-state index is 5.75. The molecule has 0 N–H and O–H groups in total. The van der Waals surface area contributed by atoms with E-state index in [1.165, 1.54) is 5.56 Å². The number of rotatable bonds is 5. The molecule has 0 amide bonds. The smallest absolute Gasteiger partial charge is 0.160 e. The van der Waals surface area contributed by atoms with Gasteiger partial charge in [-0.2, -0.15) is 0 Å². The second-order valence-corrected chi connectivity index (χ2v) is 4.39. The molecule has 1 aromatic rings. The van der Waals surface area contributed by atoms with Crippen LogP contribution in [0.15, 0.2) is 18.2 Å². The van der Waals surface area contributed by atoms with Crippen LogP contribution in [0.5, 0.6) is 11.5 Å². The zero-order valence-electron chi connectivity index (χ0n) is 11.1. The van der Waals surface area contributed by atoms with E-state index in [0.29, 0.717) is 0 Å². The standard InChI is InChI=1S/C14H20O4/c1-15-12-6-4-10(9-13(12)16-2)8-11-5-7-14(17-3)18-11/h4,6,9,11,14H,5,7-8H2,1-3H3. The molecule has 4 nitrogen and oxygen atoms in total. The van der Waals surface area contributed by atoms with Gasteiger partial charge in [-0.15, -0.1) is 0 Å². The minimum Gasteiger partial charge on any atom is -0.493 e. The lowest BCUT2D eigenvalue weighted by Gasteiger charge is -2.14. The quantitative estimate of drug-likeness (QED) is 0.806. The minimum absolute atomic E-state index is 0.0462. The first kappa shape index (κ1) is 13.2. The van der Waals surface area contributed by atoms with Gasteiger partial charge in [0.15, 0.2) is 17.8 Å². The van der Waals surface area contributed by atoms with Gasteiger partial charge in [-0.1, -0.05) is 6.07 Å². The van der Waals surface area contributed by atoms with Gasteiger partial charge in [-0.05, 0) is 30.5 Å². The summed E-state index contributed by atoms with van der Waals surface area (Å²) in [6.45, 7) is 0. The summed E-state index contributed by atoms with van der Waals surface area (Å²) in [5.74, 6) is 1.51. The van der Waals surface area contributed by atoms with Crippen molar-refractivity contribution in [2.75, 3.05) is 21.3 Å². The molecule has 2 atom stereocenters. The van der Waals surface area contributed by atoms with E-state index in [0.717, 1.165) is 30.8 Å². The first-order chi connectivity index (χ1) is 8.76. The van der Waals surface area contributed by atoms with E-state index in [1.807, 2.05) is 18.2 Å². The molecule has 1 saturated heterocycles. The molecule has 0 aromatic heterocycles. The summed E-state index contributed by atoms with van der Waals surface area (Å²) < 4.78 is 21.5. The van der Waals surface area contributed by atoms with Crippen LogP contribution in [0.25, 0.3) is 0 Å². The van der Waals surface area contributed by atoms with E-state index in [9.17, 15) is 0 Å². The SMILES string of the molecule is COc1ccc(CC2CCC(OC)O2)cc1OC. The average molecular weight is 252 g/mol. The van der Waals surface area contributed by atoms with Crippen molar-refractivity contribution in [1.29, 1.82) is 0 Å². The van der Waals surface area contributed by atoms with Crippen LogP contribution in [-0.2, 0) is 15.9 Å². The highest BCUT2D eigenvalue weighted by Crippen LogP contribution is 2.30. The van der Waals surface area contributed by atoms with Crippen molar-refractivity contribution < 1.29 is 18.9 Å². The fourth-order valence-corrected chi connectivity index (χ4v) is 2.27. The molecule has 0 bridgehead atoms. The Kier molecular flexibility index (Phi) is 4.44. The molecule has 1 aromatic carbocycles. The molecule has 1 aliphatic rings. The van der Waals surface area contributed by atoms with Crippen LogP contribution >= 0.6 is 0 Å². The second kappa shape index (κ2) is 6.07. The fraction of sp³-hybridized carbons (Fsp3) is 0.571. The highest BCUT2D eigenvalue weighted by molar-refractivity contribution is 5.43. The highest BCUT2D eigenvalue weighted by atomic mass is 16.7. The zero-order chi connectivity index (χ0) is 13.0. The number of hydrogen-bond donors (Lipinski definition) is 0. The first-order valence-corrected chi connectivity index (χ1v) is 6.16. The predicted molar refractivity (Wildman–Crippen MR) is 68.2 cm³/mol. The van der Waals surface area contributed by atoms with Crippen molar-refractivity contribution >= 4 is 0 Å². The predicted octanol–water partition coefficient (Wildman–Crippen LogP) is 2.40. The molecule has 2 rings (SSSR count). The molecule has 4 heteroatoms. The van der Waals surface area contributed by atoms with E-state index >= 15 is 0 Å². The number of hydrogen-bond acceptors (Lipinski definition) is 4. The van der Waals surface area contributed by atoms with Crippen LogP contribution < -0.4 is 9.47 Å². The monoisotopic (exact) mass is 252 g/mol. The van der Waals surface area contributed by atoms with Gasteiger partial charge in [0, 0.05) is 13.5 Å². The Bertz CT molecular complexity index is 391. The molecular formula is C14H20O4. The normalized spacial score (nSPS) is 23.1. The molecule has 1 aliphatic heterocycles. The van der Waals surface area contributed by atoms with Gasteiger partial charge in [0.2, 0.25) is 0 Å². The summed E-state index contributed by atoms with van der Waals surface area (Å²) in [5.41, 5.74) is 1.19. The third kappa shape index (κ3) is 2.94. The maximum absolute atomic E-state index is 5.75. The average Bonchev–Trinajstić information content (AvgIpc) is 2.86. The maximum Gasteiger partial charge on any atom is 0.160 e. The molecule has 1 heterocycles. The highest BCUT2D eigenvalue weighted by Gasteiger charge is 2.25. The van der Waals surface area contributed by atoms with E-state index < -0.39 is 0 Å². The van der Waals surface area contributed by atoms with Crippen LogP contribution in [0.1, 0.15) is 18.4 Å². The molecule has 100 valence electrons. The Labute approximate surface area is 108 Å². The zero-order valence-corrected chi connectivity index (χ0v) is 11.1. The third-order valence-corrected chi connectivity index (χ3v) is 3.24. The van der Waals surface area contributed by atoms with Crippen molar-refractivity contribution in [1.82, 2.24) is 0 Å². The molecule has 1 fully saturated rings. The summed E-state index contributed by atoms with van der Waals surface area (Å²) in [7, 11) is 4.97. The van der Waals surface area contributed by atoms with Crippen molar-refractivity contribution in [2.45, 2.75) is 31.7 Å². The van der Waals surface area contributed by atoms with Gasteiger partial charge >= 0.3 is 0 Å². The summed E-state index contributed by atoms with van der Waals surface area (Å²) >= 11 is 0.